The largest absolute Gasteiger partial charge is 0.370 e. The van der Waals surface area contributed by atoms with Crippen LogP contribution in [0.15, 0.2) is 11.3 Å². The first-order chi connectivity index (χ1) is 9.38. The van der Waals surface area contributed by atoms with Crippen LogP contribution in [0.4, 0.5) is 0 Å². The van der Waals surface area contributed by atoms with E-state index in [0.717, 1.165) is 18.9 Å². The lowest BCUT2D eigenvalue weighted by atomic mass is 10.0. The fourth-order valence-corrected chi connectivity index (χ4v) is 2.58. The monoisotopic (exact) mass is 278 g/mol. The van der Waals surface area contributed by atoms with Crippen LogP contribution in [0.25, 0.3) is 0 Å². The predicted octanol–water partition coefficient (Wildman–Crippen LogP) is 1.58. The zero-order valence-corrected chi connectivity index (χ0v) is 13.0. The number of piperidine rings is 1. The Bertz CT molecular complexity index is 470. The van der Waals surface area contributed by atoms with Gasteiger partial charge in [-0.1, -0.05) is 6.92 Å². The molecule has 1 atom stereocenters. The van der Waals surface area contributed by atoms with Crippen molar-refractivity contribution in [3.63, 3.8) is 0 Å². The summed E-state index contributed by atoms with van der Waals surface area (Å²) in [6.45, 7) is 11.1. The molecule has 0 aromatic carbocycles. The summed E-state index contributed by atoms with van der Waals surface area (Å²) < 4.78 is 1.91. The minimum Gasteiger partial charge on any atom is -0.370 e. The molecule has 2 rings (SSSR count). The number of guanidine groups is 1. The number of nitrogens with zero attached hydrogens (tertiary/aromatic N) is 5. The molecule has 1 fully saturated rings. The molecule has 0 spiro atoms. The maximum Gasteiger partial charge on any atom is 0.191 e. The fourth-order valence-electron chi connectivity index (χ4n) is 2.58. The van der Waals surface area contributed by atoms with Crippen molar-refractivity contribution in [3.05, 3.63) is 12.2 Å². The van der Waals surface area contributed by atoms with E-state index in [1.54, 1.807) is 6.33 Å². The molecule has 0 saturated carbocycles. The van der Waals surface area contributed by atoms with Gasteiger partial charge in [0.15, 0.2) is 5.96 Å². The van der Waals surface area contributed by atoms with E-state index in [1.807, 2.05) is 4.68 Å². The van der Waals surface area contributed by atoms with Crippen molar-refractivity contribution in [1.29, 1.82) is 0 Å². The minimum atomic E-state index is -0.0875. The van der Waals surface area contributed by atoms with Crippen molar-refractivity contribution in [2.75, 3.05) is 13.1 Å². The van der Waals surface area contributed by atoms with Crippen molar-refractivity contribution < 1.29 is 0 Å². The van der Waals surface area contributed by atoms with E-state index in [0.29, 0.717) is 18.4 Å². The van der Waals surface area contributed by atoms with Crippen molar-refractivity contribution in [2.24, 2.45) is 16.6 Å². The van der Waals surface area contributed by atoms with Crippen molar-refractivity contribution in [2.45, 2.75) is 52.6 Å². The lowest BCUT2D eigenvalue weighted by molar-refractivity contribution is 0.270. The molecule has 1 unspecified atom stereocenters. The second kappa shape index (κ2) is 5.81. The van der Waals surface area contributed by atoms with Gasteiger partial charge in [0.1, 0.15) is 18.7 Å². The maximum atomic E-state index is 6.10. The van der Waals surface area contributed by atoms with Gasteiger partial charge in [-0.05, 0) is 39.5 Å². The van der Waals surface area contributed by atoms with Crippen LogP contribution < -0.4 is 5.73 Å². The summed E-state index contributed by atoms with van der Waals surface area (Å²) in [6.07, 6.45) is 4.05. The van der Waals surface area contributed by atoms with E-state index < -0.39 is 0 Å². The molecular formula is C14H26N6. The smallest absolute Gasteiger partial charge is 0.191 e. The van der Waals surface area contributed by atoms with Crippen LogP contribution in [0.5, 0.6) is 0 Å². The molecule has 2 heterocycles. The quantitative estimate of drug-likeness (QED) is 0.658. The molecule has 1 aliphatic rings. The van der Waals surface area contributed by atoms with Crippen LogP contribution >= 0.6 is 0 Å². The summed E-state index contributed by atoms with van der Waals surface area (Å²) in [5.41, 5.74) is 6.02. The van der Waals surface area contributed by atoms with Crippen molar-refractivity contribution >= 4 is 5.96 Å². The highest BCUT2D eigenvalue weighted by Crippen LogP contribution is 2.16. The third-order valence-corrected chi connectivity index (χ3v) is 3.62. The van der Waals surface area contributed by atoms with Crippen LogP contribution in [0, 0.1) is 5.92 Å². The number of aromatic nitrogens is 3. The molecule has 2 N–H and O–H groups in total. The summed E-state index contributed by atoms with van der Waals surface area (Å²) in [6, 6.07) is 0. The Labute approximate surface area is 121 Å². The van der Waals surface area contributed by atoms with E-state index in [4.69, 9.17) is 5.73 Å². The average molecular weight is 278 g/mol. The second-order valence-electron chi connectivity index (χ2n) is 6.63. The number of hydrogen-bond acceptors (Lipinski definition) is 3. The Balaban J connectivity index is 2.03. The Morgan fingerprint density at radius 2 is 2.25 bits per heavy atom. The van der Waals surface area contributed by atoms with Crippen LogP contribution in [0.2, 0.25) is 0 Å². The lowest BCUT2D eigenvalue weighted by Gasteiger charge is -2.31. The van der Waals surface area contributed by atoms with E-state index in [-0.39, 0.29) is 5.54 Å². The standard InChI is InChI=1S/C14H26N6/c1-11-6-5-7-19(9-11)13(15)16-8-12-17-10-18-20(12)14(2,3)4/h10-11H,5-9H2,1-4H3,(H2,15,16). The Morgan fingerprint density at radius 3 is 2.90 bits per heavy atom. The highest BCUT2D eigenvalue weighted by Gasteiger charge is 2.20. The van der Waals surface area contributed by atoms with Gasteiger partial charge in [-0.2, -0.15) is 5.10 Å². The molecule has 0 amide bonds. The summed E-state index contributed by atoms with van der Waals surface area (Å²) >= 11 is 0. The average Bonchev–Trinajstić information content (AvgIpc) is 2.84. The normalized spacial score (nSPS) is 21.3. The molecule has 6 heteroatoms. The fraction of sp³-hybridized carbons (Fsp3) is 0.786. The van der Waals surface area contributed by atoms with Crippen LogP contribution in [0.1, 0.15) is 46.4 Å². The molecule has 0 bridgehead atoms. The first-order valence-corrected chi connectivity index (χ1v) is 7.32. The van der Waals surface area contributed by atoms with Gasteiger partial charge >= 0.3 is 0 Å². The molecule has 0 aliphatic carbocycles. The molecule has 1 aliphatic heterocycles. The number of likely N-dealkylation sites (tertiary alicyclic amines) is 1. The number of nitrogens with two attached hydrogens (primary N) is 1. The van der Waals surface area contributed by atoms with Crippen LogP contribution in [0.3, 0.4) is 0 Å². The zero-order chi connectivity index (χ0) is 14.8. The van der Waals surface area contributed by atoms with Gasteiger partial charge in [0.25, 0.3) is 0 Å². The second-order valence-corrected chi connectivity index (χ2v) is 6.63. The van der Waals surface area contributed by atoms with Crippen LogP contribution in [-0.4, -0.2) is 38.7 Å². The van der Waals surface area contributed by atoms with Gasteiger partial charge in [-0.3, -0.25) is 0 Å². The molecule has 1 aromatic rings. The van der Waals surface area contributed by atoms with Crippen molar-refractivity contribution in [3.8, 4) is 0 Å². The lowest BCUT2D eigenvalue weighted by Crippen LogP contribution is -2.43. The molecule has 112 valence electrons. The minimum absolute atomic E-state index is 0.0875. The van der Waals surface area contributed by atoms with Crippen molar-refractivity contribution in [1.82, 2.24) is 19.7 Å². The first-order valence-electron chi connectivity index (χ1n) is 7.32. The van der Waals surface area contributed by atoms with Gasteiger partial charge in [0, 0.05) is 13.1 Å². The van der Waals surface area contributed by atoms with Gasteiger partial charge in [-0.15, -0.1) is 0 Å². The topological polar surface area (TPSA) is 72.3 Å². The molecule has 20 heavy (non-hydrogen) atoms. The molecule has 1 aromatic heterocycles. The SMILES string of the molecule is CC1CCCN(C(N)=NCc2ncnn2C(C)(C)C)C1. The Hall–Kier alpha value is -1.59. The zero-order valence-electron chi connectivity index (χ0n) is 13.0. The van der Waals surface area contributed by atoms with Gasteiger partial charge in [-0.25, -0.2) is 14.7 Å². The number of hydrogen-bond donors (Lipinski definition) is 1. The van der Waals surface area contributed by atoms with Gasteiger partial charge in [0.2, 0.25) is 0 Å². The summed E-state index contributed by atoms with van der Waals surface area (Å²) in [5, 5.41) is 4.27. The van der Waals surface area contributed by atoms with Gasteiger partial charge in [0.05, 0.1) is 5.54 Å². The Morgan fingerprint density at radius 1 is 1.50 bits per heavy atom. The highest BCUT2D eigenvalue weighted by molar-refractivity contribution is 5.78. The van der Waals surface area contributed by atoms with Gasteiger partial charge < -0.3 is 10.6 Å². The van der Waals surface area contributed by atoms with E-state index in [2.05, 4.69) is 47.7 Å². The third-order valence-electron chi connectivity index (χ3n) is 3.62. The summed E-state index contributed by atoms with van der Waals surface area (Å²) in [7, 11) is 0. The number of aliphatic imine (C=N–C) groups is 1. The summed E-state index contributed by atoms with van der Waals surface area (Å²) in [4.78, 5) is 11.0. The maximum absolute atomic E-state index is 6.10. The van der Waals surface area contributed by atoms with E-state index >= 15 is 0 Å². The van der Waals surface area contributed by atoms with E-state index in [1.165, 1.54) is 12.8 Å². The Kier molecular flexibility index (Phi) is 4.30. The highest BCUT2D eigenvalue weighted by atomic mass is 15.4. The molecular weight excluding hydrogens is 252 g/mol. The molecule has 1 saturated heterocycles. The molecule has 6 nitrogen and oxygen atoms in total. The van der Waals surface area contributed by atoms with Crippen LogP contribution in [-0.2, 0) is 12.1 Å². The number of rotatable bonds is 2. The summed E-state index contributed by atoms with van der Waals surface area (Å²) in [5.74, 6) is 2.17. The molecule has 0 radical (unpaired) electrons. The third kappa shape index (κ3) is 3.49. The van der Waals surface area contributed by atoms with E-state index in [9.17, 15) is 0 Å². The predicted molar refractivity (Wildman–Crippen MR) is 80.3 cm³/mol. The first kappa shape index (κ1) is 14.8.